The summed E-state index contributed by atoms with van der Waals surface area (Å²) in [6.07, 6.45) is 4.46. The summed E-state index contributed by atoms with van der Waals surface area (Å²) in [6.45, 7) is 0. The summed E-state index contributed by atoms with van der Waals surface area (Å²) in [6, 6.07) is 1.69. The quantitative estimate of drug-likeness (QED) is 0.936. The number of nitrogens with two attached hydrogens (primary N) is 1. The van der Waals surface area contributed by atoms with Crippen LogP contribution < -0.4 is 5.73 Å². The van der Waals surface area contributed by atoms with Crippen molar-refractivity contribution in [2.45, 2.75) is 12.5 Å². The second-order valence-corrected chi connectivity index (χ2v) is 5.90. The van der Waals surface area contributed by atoms with Crippen LogP contribution in [0.5, 0.6) is 0 Å². The molecule has 2 heterocycles. The van der Waals surface area contributed by atoms with Crippen LogP contribution in [0, 0.1) is 0 Å². The van der Waals surface area contributed by atoms with Crippen LogP contribution in [0.15, 0.2) is 18.5 Å². The van der Waals surface area contributed by atoms with Gasteiger partial charge in [-0.05, 0) is 18.1 Å². The molecule has 0 radical (unpaired) electrons. The van der Waals surface area contributed by atoms with Crippen molar-refractivity contribution in [2.75, 3.05) is 0 Å². The van der Waals surface area contributed by atoms with E-state index in [0.717, 1.165) is 11.1 Å². The van der Waals surface area contributed by atoms with Gasteiger partial charge in [-0.2, -0.15) is 5.10 Å². The Hall–Kier alpha value is -0.550. The molecule has 0 aliphatic heterocycles. The van der Waals surface area contributed by atoms with E-state index in [2.05, 4.69) is 5.10 Å². The van der Waals surface area contributed by atoms with Gasteiger partial charge in [-0.15, -0.1) is 11.3 Å². The topological polar surface area (TPSA) is 43.8 Å². The summed E-state index contributed by atoms with van der Waals surface area (Å²) in [5.41, 5.74) is 8.07. The molecule has 0 fully saturated rings. The van der Waals surface area contributed by atoms with E-state index in [0.29, 0.717) is 15.1 Å². The van der Waals surface area contributed by atoms with Gasteiger partial charge in [0.05, 0.1) is 14.9 Å². The standard InChI is InChI=1S/C10H11Cl2N3S/c1-15-5-6(4-14-15)2-8(13)7-3-9(11)16-10(7)12/h3-5,8H,2,13H2,1H3. The fourth-order valence-electron chi connectivity index (χ4n) is 1.55. The molecule has 1 atom stereocenters. The first-order valence-corrected chi connectivity index (χ1v) is 6.31. The van der Waals surface area contributed by atoms with Crippen molar-refractivity contribution >= 4 is 34.5 Å². The lowest BCUT2D eigenvalue weighted by molar-refractivity contribution is 0.722. The Labute approximate surface area is 108 Å². The van der Waals surface area contributed by atoms with Crippen LogP contribution in [0.25, 0.3) is 0 Å². The molecule has 2 aromatic rings. The SMILES string of the molecule is Cn1cc(CC(N)c2cc(Cl)sc2Cl)cn1. The van der Waals surface area contributed by atoms with E-state index in [-0.39, 0.29) is 6.04 Å². The molecule has 0 aromatic carbocycles. The van der Waals surface area contributed by atoms with Gasteiger partial charge in [-0.1, -0.05) is 23.2 Å². The van der Waals surface area contributed by atoms with Crippen LogP contribution in [-0.2, 0) is 13.5 Å². The molecule has 6 heteroatoms. The third-order valence-electron chi connectivity index (χ3n) is 2.30. The molecule has 1 unspecified atom stereocenters. The van der Waals surface area contributed by atoms with Gasteiger partial charge in [-0.25, -0.2) is 0 Å². The fourth-order valence-corrected chi connectivity index (χ4v) is 3.14. The molecule has 0 bridgehead atoms. The van der Waals surface area contributed by atoms with Crippen LogP contribution in [0.2, 0.25) is 8.67 Å². The molecule has 0 aliphatic rings. The van der Waals surface area contributed by atoms with Crippen LogP contribution >= 0.6 is 34.5 Å². The Morgan fingerprint density at radius 2 is 2.31 bits per heavy atom. The van der Waals surface area contributed by atoms with Crippen molar-refractivity contribution in [2.24, 2.45) is 12.8 Å². The summed E-state index contributed by atoms with van der Waals surface area (Å²) in [4.78, 5) is 0. The van der Waals surface area contributed by atoms with E-state index in [1.807, 2.05) is 25.5 Å². The Morgan fingerprint density at radius 3 is 2.81 bits per heavy atom. The molecule has 0 spiro atoms. The van der Waals surface area contributed by atoms with Gasteiger partial charge in [-0.3, -0.25) is 4.68 Å². The van der Waals surface area contributed by atoms with Crippen molar-refractivity contribution in [1.82, 2.24) is 9.78 Å². The molecule has 0 amide bonds. The van der Waals surface area contributed by atoms with Crippen molar-refractivity contribution in [3.8, 4) is 0 Å². The van der Waals surface area contributed by atoms with Crippen LogP contribution in [-0.4, -0.2) is 9.78 Å². The van der Waals surface area contributed by atoms with Crippen molar-refractivity contribution in [3.63, 3.8) is 0 Å². The van der Waals surface area contributed by atoms with Gasteiger partial charge in [0.2, 0.25) is 0 Å². The zero-order chi connectivity index (χ0) is 11.7. The molecule has 2 N–H and O–H groups in total. The molecule has 0 aliphatic carbocycles. The minimum atomic E-state index is -0.138. The van der Waals surface area contributed by atoms with Gasteiger partial charge in [0.25, 0.3) is 0 Å². The van der Waals surface area contributed by atoms with Gasteiger partial charge in [0, 0.05) is 24.8 Å². The number of rotatable bonds is 3. The summed E-state index contributed by atoms with van der Waals surface area (Å²) in [7, 11) is 1.88. The lowest BCUT2D eigenvalue weighted by Gasteiger charge is -2.08. The third-order valence-corrected chi connectivity index (χ3v) is 3.81. The number of halogens is 2. The zero-order valence-electron chi connectivity index (χ0n) is 8.65. The molecule has 0 saturated heterocycles. The van der Waals surface area contributed by atoms with Gasteiger partial charge in [0.15, 0.2) is 0 Å². The van der Waals surface area contributed by atoms with Crippen molar-refractivity contribution < 1.29 is 0 Å². The molecule has 2 aromatic heterocycles. The maximum atomic E-state index is 6.08. The summed E-state index contributed by atoms with van der Waals surface area (Å²) in [5, 5.41) is 4.10. The van der Waals surface area contributed by atoms with Gasteiger partial charge < -0.3 is 5.73 Å². The van der Waals surface area contributed by atoms with Crippen LogP contribution in [0.1, 0.15) is 17.2 Å². The van der Waals surface area contributed by atoms with E-state index < -0.39 is 0 Å². The average molecular weight is 276 g/mol. The molecule has 2 rings (SSSR count). The molecular weight excluding hydrogens is 265 g/mol. The normalized spacial score (nSPS) is 13.0. The summed E-state index contributed by atoms with van der Waals surface area (Å²) >= 11 is 13.3. The average Bonchev–Trinajstić information content (AvgIpc) is 2.73. The number of aromatic nitrogens is 2. The predicted octanol–water partition coefficient (Wildman–Crippen LogP) is 3.03. The minimum Gasteiger partial charge on any atom is -0.324 e. The molecule has 0 saturated carbocycles. The van der Waals surface area contributed by atoms with Crippen molar-refractivity contribution in [3.05, 3.63) is 38.3 Å². The fraction of sp³-hybridized carbons (Fsp3) is 0.300. The lowest BCUT2D eigenvalue weighted by Crippen LogP contribution is -2.12. The minimum absolute atomic E-state index is 0.138. The van der Waals surface area contributed by atoms with E-state index >= 15 is 0 Å². The predicted molar refractivity (Wildman–Crippen MR) is 68.2 cm³/mol. The Kier molecular flexibility index (Phi) is 3.54. The molecule has 3 nitrogen and oxygen atoms in total. The van der Waals surface area contributed by atoms with Crippen LogP contribution in [0.4, 0.5) is 0 Å². The smallest absolute Gasteiger partial charge is 0.0992 e. The molecular formula is C10H11Cl2N3S. The highest BCUT2D eigenvalue weighted by Gasteiger charge is 2.14. The highest BCUT2D eigenvalue weighted by molar-refractivity contribution is 7.20. The van der Waals surface area contributed by atoms with Gasteiger partial charge in [0.1, 0.15) is 0 Å². The van der Waals surface area contributed by atoms with E-state index in [4.69, 9.17) is 28.9 Å². The highest BCUT2D eigenvalue weighted by Crippen LogP contribution is 2.35. The largest absolute Gasteiger partial charge is 0.324 e. The number of thiophene rings is 1. The second kappa shape index (κ2) is 4.75. The first kappa shape index (κ1) is 11.9. The number of aryl methyl sites for hydroxylation is 1. The van der Waals surface area contributed by atoms with E-state index in [1.54, 1.807) is 4.68 Å². The van der Waals surface area contributed by atoms with E-state index in [9.17, 15) is 0 Å². The Bertz CT molecular complexity index is 492. The first-order valence-electron chi connectivity index (χ1n) is 4.74. The summed E-state index contributed by atoms with van der Waals surface area (Å²) in [5.74, 6) is 0. The lowest BCUT2D eigenvalue weighted by atomic mass is 10.1. The number of nitrogens with zero attached hydrogens (tertiary/aromatic N) is 2. The maximum absolute atomic E-state index is 6.08. The zero-order valence-corrected chi connectivity index (χ0v) is 11.0. The molecule has 86 valence electrons. The Morgan fingerprint density at radius 1 is 1.56 bits per heavy atom. The highest BCUT2D eigenvalue weighted by atomic mass is 35.5. The maximum Gasteiger partial charge on any atom is 0.0992 e. The first-order chi connectivity index (χ1) is 7.56. The monoisotopic (exact) mass is 275 g/mol. The second-order valence-electron chi connectivity index (χ2n) is 3.61. The Balaban J connectivity index is 2.14. The summed E-state index contributed by atoms with van der Waals surface area (Å²) < 4.78 is 3.09. The number of hydrogen-bond acceptors (Lipinski definition) is 3. The molecule has 16 heavy (non-hydrogen) atoms. The van der Waals surface area contributed by atoms with Gasteiger partial charge >= 0.3 is 0 Å². The van der Waals surface area contributed by atoms with Crippen molar-refractivity contribution in [1.29, 1.82) is 0 Å². The third kappa shape index (κ3) is 2.58. The van der Waals surface area contributed by atoms with Crippen LogP contribution in [0.3, 0.4) is 0 Å². The van der Waals surface area contributed by atoms with E-state index in [1.165, 1.54) is 11.3 Å². The number of hydrogen-bond donors (Lipinski definition) is 1.